The molecular formula is C16H27N2O3S+. The average molecular weight is 327 g/mol. The summed E-state index contributed by atoms with van der Waals surface area (Å²) in [4.78, 5) is 1.92. The molecule has 0 aromatic heterocycles. The zero-order valence-electron chi connectivity index (χ0n) is 13.7. The van der Waals surface area contributed by atoms with Gasteiger partial charge in [-0.15, -0.1) is 0 Å². The molecule has 0 radical (unpaired) electrons. The quantitative estimate of drug-likeness (QED) is 0.734. The van der Waals surface area contributed by atoms with E-state index < -0.39 is 10.0 Å². The predicted octanol–water partition coefficient (Wildman–Crippen LogP) is 0.195. The smallest absolute Gasteiger partial charge is 0.241 e. The number of hydrogen-bond donors (Lipinski definition) is 2. The van der Waals surface area contributed by atoms with Crippen LogP contribution in [0.1, 0.15) is 23.1 Å². The number of morpholine rings is 1. The molecule has 124 valence electrons. The molecular weight excluding hydrogens is 300 g/mol. The zero-order chi connectivity index (χ0) is 16.2. The van der Waals surface area contributed by atoms with Crippen LogP contribution in [0.25, 0.3) is 0 Å². The van der Waals surface area contributed by atoms with E-state index in [9.17, 15) is 8.42 Å². The van der Waals surface area contributed by atoms with Gasteiger partial charge in [-0.05, 0) is 31.9 Å². The molecule has 2 N–H and O–H groups in total. The molecule has 1 saturated heterocycles. The Morgan fingerprint density at radius 3 is 2.32 bits per heavy atom. The summed E-state index contributed by atoms with van der Waals surface area (Å²) < 4.78 is 33.1. The fourth-order valence-electron chi connectivity index (χ4n) is 3.12. The van der Waals surface area contributed by atoms with Crippen LogP contribution >= 0.6 is 0 Å². The van der Waals surface area contributed by atoms with E-state index in [-0.39, 0.29) is 0 Å². The van der Waals surface area contributed by atoms with E-state index in [0.29, 0.717) is 11.4 Å². The highest BCUT2D eigenvalue weighted by molar-refractivity contribution is 7.89. The van der Waals surface area contributed by atoms with Crippen LogP contribution in [0.3, 0.4) is 0 Å². The molecule has 0 aliphatic carbocycles. The first-order valence-electron chi connectivity index (χ1n) is 7.89. The van der Waals surface area contributed by atoms with E-state index in [1.807, 2.05) is 32.9 Å². The number of rotatable bonds is 6. The lowest BCUT2D eigenvalue weighted by molar-refractivity contribution is -0.908. The Morgan fingerprint density at radius 2 is 1.73 bits per heavy atom. The Hall–Kier alpha value is -0.950. The largest absolute Gasteiger partial charge is 0.370 e. The van der Waals surface area contributed by atoms with Crippen molar-refractivity contribution in [3.63, 3.8) is 0 Å². The summed E-state index contributed by atoms with van der Waals surface area (Å²) in [6.07, 6.45) is 0.846. The number of ether oxygens (including phenoxy) is 1. The number of nitrogens with one attached hydrogen (secondary N) is 2. The molecule has 0 bridgehead atoms. The van der Waals surface area contributed by atoms with Crippen molar-refractivity contribution in [1.82, 2.24) is 4.72 Å². The molecule has 1 aromatic rings. The van der Waals surface area contributed by atoms with E-state index in [1.165, 1.54) is 4.90 Å². The maximum Gasteiger partial charge on any atom is 0.241 e. The van der Waals surface area contributed by atoms with E-state index >= 15 is 0 Å². The average Bonchev–Trinajstić information content (AvgIpc) is 2.43. The highest BCUT2D eigenvalue weighted by Gasteiger charge is 2.20. The molecule has 0 spiro atoms. The third kappa shape index (κ3) is 4.52. The molecule has 0 saturated carbocycles. The molecule has 0 amide bonds. The standard InChI is InChI=1S/C16H26N2O3S/c1-13-11-14(2)16(15(3)12-13)22(19,20)17-5-4-6-18-7-9-21-10-8-18/h11-12,17H,4-10H2,1-3H3/p+1. The molecule has 6 heteroatoms. The Morgan fingerprint density at radius 1 is 1.14 bits per heavy atom. The van der Waals surface area contributed by atoms with E-state index in [2.05, 4.69) is 4.72 Å². The Labute approximate surface area is 133 Å². The van der Waals surface area contributed by atoms with Crippen LogP contribution in [0.15, 0.2) is 17.0 Å². The molecule has 1 aliphatic heterocycles. The van der Waals surface area contributed by atoms with Gasteiger partial charge in [-0.2, -0.15) is 0 Å². The molecule has 2 rings (SSSR count). The van der Waals surface area contributed by atoms with Crippen LogP contribution in [-0.2, 0) is 14.8 Å². The fraction of sp³-hybridized carbons (Fsp3) is 0.625. The van der Waals surface area contributed by atoms with Crippen LogP contribution in [-0.4, -0.2) is 47.8 Å². The van der Waals surface area contributed by atoms with Crippen molar-refractivity contribution in [3.05, 3.63) is 28.8 Å². The van der Waals surface area contributed by atoms with Crippen LogP contribution in [0.2, 0.25) is 0 Å². The number of quaternary nitrogens is 1. The fourth-order valence-corrected chi connectivity index (χ4v) is 4.64. The topological polar surface area (TPSA) is 59.8 Å². The lowest BCUT2D eigenvalue weighted by atomic mass is 10.1. The molecule has 1 fully saturated rings. The summed E-state index contributed by atoms with van der Waals surface area (Å²) in [6.45, 7) is 10.8. The molecule has 5 nitrogen and oxygen atoms in total. The molecule has 1 aliphatic rings. The van der Waals surface area contributed by atoms with Gasteiger partial charge in [0.25, 0.3) is 0 Å². The first-order valence-corrected chi connectivity index (χ1v) is 9.37. The molecule has 0 unspecified atom stereocenters. The Balaban J connectivity index is 1.91. The van der Waals surface area contributed by atoms with Crippen molar-refractivity contribution >= 4 is 10.0 Å². The van der Waals surface area contributed by atoms with Crippen molar-refractivity contribution < 1.29 is 18.1 Å². The summed E-state index contributed by atoms with van der Waals surface area (Å²) in [5, 5.41) is 0. The Bertz CT molecular complexity index is 585. The van der Waals surface area contributed by atoms with E-state index in [4.69, 9.17) is 4.74 Å². The maximum absolute atomic E-state index is 12.5. The molecule has 1 heterocycles. The predicted molar refractivity (Wildman–Crippen MR) is 86.8 cm³/mol. The van der Waals surface area contributed by atoms with Crippen molar-refractivity contribution in [2.24, 2.45) is 0 Å². The Kier molecular flexibility index (Phi) is 5.97. The van der Waals surface area contributed by atoms with Crippen LogP contribution in [0, 0.1) is 20.8 Å². The van der Waals surface area contributed by atoms with Gasteiger partial charge in [0, 0.05) is 13.0 Å². The highest BCUT2D eigenvalue weighted by atomic mass is 32.2. The second kappa shape index (κ2) is 7.55. The maximum atomic E-state index is 12.5. The van der Waals surface area contributed by atoms with Crippen LogP contribution in [0.5, 0.6) is 0 Å². The summed E-state index contributed by atoms with van der Waals surface area (Å²) in [6, 6.07) is 3.83. The number of hydrogen-bond acceptors (Lipinski definition) is 3. The minimum Gasteiger partial charge on any atom is -0.370 e. The molecule has 1 aromatic carbocycles. The van der Waals surface area contributed by atoms with Gasteiger partial charge in [-0.1, -0.05) is 17.7 Å². The number of aryl methyl sites for hydroxylation is 3. The van der Waals surface area contributed by atoms with Gasteiger partial charge >= 0.3 is 0 Å². The lowest BCUT2D eigenvalue weighted by Gasteiger charge is -2.23. The molecule has 22 heavy (non-hydrogen) atoms. The zero-order valence-corrected chi connectivity index (χ0v) is 14.6. The lowest BCUT2D eigenvalue weighted by Crippen LogP contribution is -3.14. The summed E-state index contributed by atoms with van der Waals surface area (Å²) in [7, 11) is -3.43. The van der Waals surface area contributed by atoms with Gasteiger partial charge in [0.15, 0.2) is 0 Å². The van der Waals surface area contributed by atoms with Crippen molar-refractivity contribution in [1.29, 1.82) is 0 Å². The van der Waals surface area contributed by atoms with Gasteiger partial charge in [-0.25, -0.2) is 13.1 Å². The van der Waals surface area contributed by atoms with E-state index in [1.54, 1.807) is 0 Å². The summed E-state index contributed by atoms with van der Waals surface area (Å²) in [5.74, 6) is 0. The number of benzene rings is 1. The number of sulfonamides is 1. The van der Waals surface area contributed by atoms with E-state index in [0.717, 1.165) is 56.0 Å². The van der Waals surface area contributed by atoms with Crippen molar-refractivity contribution in [3.8, 4) is 0 Å². The second-order valence-electron chi connectivity index (χ2n) is 6.09. The van der Waals surface area contributed by atoms with Crippen molar-refractivity contribution in [2.45, 2.75) is 32.1 Å². The summed E-state index contributed by atoms with van der Waals surface area (Å²) >= 11 is 0. The monoisotopic (exact) mass is 327 g/mol. The first-order chi connectivity index (χ1) is 10.4. The van der Waals surface area contributed by atoms with Gasteiger partial charge in [-0.3, -0.25) is 0 Å². The van der Waals surface area contributed by atoms with Gasteiger partial charge < -0.3 is 9.64 Å². The SMILES string of the molecule is Cc1cc(C)c(S(=O)(=O)NCCC[NH+]2CCOCC2)c(C)c1. The van der Waals surface area contributed by atoms with Gasteiger partial charge in [0.05, 0.1) is 24.7 Å². The minimum atomic E-state index is -3.43. The third-order valence-electron chi connectivity index (χ3n) is 4.07. The highest BCUT2D eigenvalue weighted by Crippen LogP contribution is 2.21. The van der Waals surface area contributed by atoms with Crippen LogP contribution in [0.4, 0.5) is 0 Å². The minimum absolute atomic E-state index is 0.428. The first kappa shape index (κ1) is 17.4. The van der Waals surface area contributed by atoms with Gasteiger partial charge in [0.2, 0.25) is 10.0 Å². The molecule has 0 atom stereocenters. The van der Waals surface area contributed by atoms with Gasteiger partial charge in [0.1, 0.15) is 13.1 Å². The summed E-state index contributed by atoms with van der Waals surface area (Å²) in [5.41, 5.74) is 2.71. The normalized spacial score (nSPS) is 16.9. The van der Waals surface area contributed by atoms with Crippen molar-refractivity contribution in [2.75, 3.05) is 39.4 Å². The second-order valence-corrected chi connectivity index (χ2v) is 7.80. The van der Waals surface area contributed by atoms with Crippen LogP contribution < -0.4 is 9.62 Å². The third-order valence-corrected chi connectivity index (χ3v) is 5.84.